The van der Waals surface area contributed by atoms with Crippen molar-refractivity contribution in [3.05, 3.63) is 0 Å². The van der Waals surface area contributed by atoms with Gasteiger partial charge in [0.05, 0.1) is 19.1 Å². The SMILES string of the molecule is CCOC(=O)[C@H]1[C@H](CO)[C@@H]1[C@H](NC(=O)OC(C)(C)C)C(=O)OCC. The number of amides is 1. The molecule has 1 rings (SSSR count). The van der Waals surface area contributed by atoms with E-state index in [0.29, 0.717) is 0 Å². The summed E-state index contributed by atoms with van der Waals surface area (Å²) in [4.78, 5) is 36.1. The van der Waals surface area contributed by atoms with Crippen molar-refractivity contribution in [2.75, 3.05) is 19.8 Å². The van der Waals surface area contributed by atoms with Crippen molar-refractivity contribution in [3.8, 4) is 0 Å². The smallest absolute Gasteiger partial charge is 0.408 e. The summed E-state index contributed by atoms with van der Waals surface area (Å²) in [6.07, 6.45) is -0.785. The van der Waals surface area contributed by atoms with Gasteiger partial charge in [0.25, 0.3) is 0 Å². The molecular formula is C16H27NO7. The molecule has 24 heavy (non-hydrogen) atoms. The molecule has 8 heteroatoms. The molecule has 2 N–H and O–H groups in total. The molecule has 0 radical (unpaired) electrons. The van der Waals surface area contributed by atoms with E-state index in [0.717, 1.165) is 0 Å². The summed E-state index contributed by atoms with van der Waals surface area (Å²) < 4.78 is 15.1. The lowest BCUT2D eigenvalue weighted by molar-refractivity contribution is -0.147. The largest absolute Gasteiger partial charge is 0.466 e. The molecule has 0 bridgehead atoms. The molecule has 1 amide bonds. The number of aliphatic hydroxyl groups is 1. The molecule has 0 aromatic heterocycles. The number of hydrogen-bond acceptors (Lipinski definition) is 7. The second-order valence-corrected chi connectivity index (χ2v) is 6.58. The molecule has 1 aliphatic rings. The Balaban J connectivity index is 2.88. The Morgan fingerprint density at radius 2 is 1.71 bits per heavy atom. The predicted molar refractivity (Wildman–Crippen MR) is 84.0 cm³/mol. The molecule has 1 aliphatic carbocycles. The number of aliphatic hydroxyl groups excluding tert-OH is 1. The molecular weight excluding hydrogens is 318 g/mol. The number of ether oxygens (including phenoxy) is 3. The van der Waals surface area contributed by atoms with E-state index >= 15 is 0 Å². The summed E-state index contributed by atoms with van der Waals surface area (Å²) in [6, 6.07) is -1.08. The number of hydrogen-bond donors (Lipinski definition) is 2. The lowest BCUT2D eigenvalue weighted by Crippen LogP contribution is -2.46. The fourth-order valence-electron chi connectivity index (χ4n) is 2.64. The summed E-state index contributed by atoms with van der Waals surface area (Å²) in [5.74, 6) is -2.87. The van der Waals surface area contributed by atoms with Crippen LogP contribution in [0.1, 0.15) is 34.6 Å². The van der Waals surface area contributed by atoms with Crippen molar-refractivity contribution < 1.29 is 33.7 Å². The van der Waals surface area contributed by atoms with Crippen LogP contribution >= 0.6 is 0 Å². The molecule has 138 valence electrons. The van der Waals surface area contributed by atoms with Gasteiger partial charge in [0.2, 0.25) is 0 Å². The first-order chi connectivity index (χ1) is 11.2. The topological polar surface area (TPSA) is 111 Å². The average Bonchev–Trinajstić information content (AvgIpc) is 3.17. The van der Waals surface area contributed by atoms with E-state index in [1.165, 1.54) is 0 Å². The van der Waals surface area contributed by atoms with Crippen LogP contribution in [0.2, 0.25) is 0 Å². The first-order valence-corrected chi connectivity index (χ1v) is 8.09. The Morgan fingerprint density at radius 1 is 1.12 bits per heavy atom. The van der Waals surface area contributed by atoms with Crippen LogP contribution in [0.3, 0.4) is 0 Å². The maximum atomic E-state index is 12.2. The van der Waals surface area contributed by atoms with Gasteiger partial charge in [0.1, 0.15) is 11.6 Å². The zero-order chi connectivity index (χ0) is 18.5. The third-order valence-electron chi connectivity index (χ3n) is 3.60. The summed E-state index contributed by atoms with van der Waals surface area (Å²) in [6.45, 7) is 8.44. The van der Waals surface area contributed by atoms with Crippen molar-refractivity contribution in [2.45, 2.75) is 46.3 Å². The first-order valence-electron chi connectivity index (χ1n) is 8.09. The van der Waals surface area contributed by atoms with Crippen molar-refractivity contribution in [2.24, 2.45) is 17.8 Å². The minimum Gasteiger partial charge on any atom is -0.466 e. The van der Waals surface area contributed by atoms with Crippen LogP contribution in [0.25, 0.3) is 0 Å². The van der Waals surface area contributed by atoms with Crippen molar-refractivity contribution in [1.82, 2.24) is 5.32 Å². The highest BCUT2D eigenvalue weighted by Crippen LogP contribution is 2.49. The normalized spacial score (nSPS) is 23.8. The van der Waals surface area contributed by atoms with E-state index in [9.17, 15) is 19.5 Å². The number of carbonyl (C=O) groups excluding carboxylic acids is 3. The lowest BCUT2D eigenvalue weighted by atomic mass is 10.1. The zero-order valence-corrected chi connectivity index (χ0v) is 14.8. The van der Waals surface area contributed by atoms with Crippen LogP contribution < -0.4 is 5.32 Å². The van der Waals surface area contributed by atoms with E-state index in [2.05, 4.69) is 5.32 Å². The Hall–Kier alpha value is -1.83. The zero-order valence-electron chi connectivity index (χ0n) is 14.8. The number of rotatable bonds is 7. The van der Waals surface area contributed by atoms with Crippen LogP contribution in [0, 0.1) is 17.8 Å². The highest BCUT2D eigenvalue weighted by molar-refractivity contribution is 5.85. The van der Waals surface area contributed by atoms with Crippen LogP contribution in [-0.4, -0.2) is 54.6 Å². The van der Waals surface area contributed by atoms with Gasteiger partial charge in [-0.3, -0.25) is 4.79 Å². The number of esters is 2. The fourth-order valence-corrected chi connectivity index (χ4v) is 2.64. The van der Waals surface area contributed by atoms with Crippen LogP contribution in [0.15, 0.2) is 0 Å². The Kier molecular flexibility index (Phi) is 7.01. The fraction of sp³-hybridized carbons (Fsp3) is 0.812. The predicted octanol–water partition coefficient (Wildman–Crippen LogP) is 0.860. The van der Waals surface area contributed by atoms with E-state index in [1.807, 2.05) is 0 Å². The van der Waals surface area contributed by atoms with Crippen LogP contribution in [-0.2, 0) is 23.8 Å². The lowest BCUT2D eigenvalue weighted by Gasteiger charge is -2.23. The maximum absolute atomic E-state index is 12.2. The first kappa shape index (κ1) is 20.2. The molecule has 1 fully saturated rings. The van der Waals surface area contributed by atoms with Gasteiger partial charge in [0.15, 0.2) is 0 Å². The quantitative estimate of drug-likeness (QED) is 0.520. The third-order valence-corrected chi connectivity index (χ3v) is 3.60. The molecule has 0 saturated heterocycles. The van der Waals surface area contributed by atoms with E-state index in [-0.39, 0.29) is 19.8 Å². The highest BCUT2D eigenvalue weighted by Gasteiger charge is 2.61. The monoisotopic (exact) mass is 345 g/mol. The summed E-state index contributed by atoms with van der Waals surface area (Å²) >= 11 is 0. The average molecular weight is 345 g/mol. The molecule has 0 aromatic rings. The highest BCUT2D eigenvalue weighted by atomic mass is 16.6. The Bertz CT molecular complexity index is 472. The maximum Gasteiger partial charge on any atom is 0.408 e. The Labute approximate surface area is 141 Å². The van der Waals surface area contributed by atoms with Crippen LogP contribution in [0.5, 0.6) is 0 Å². The molecule has 0 heterocycles. The molecule has 4 atom stereocenters. The van der Waals surface area contributed by atoms with E-state index in [4.69, 9.17) is 14.2 Å². The van der Waals surface area contributed by atoms with Gasteiger partial charge in [-0.05, 0) is 34.6 Å². The standard InChI is InChI=1S/C16H27NO7/c1-6-22-13(19)11-9(8-18)10(11)12(14(20)23-7-2)17-15(21)24-16(3,4)5/h9-12,18H,6-8H2,1-5H3,(H,17,21)/t9-,10+,11+,12+/m1/s1. The number of carbonyl (C=O) groups is 3. The summed E-state index contributed by atoms with van der Waals surface area (Å²) in [5.41, 5.74) is -0.732. The van der Waals surface area contributed by atoms with E-state index in [1.54, 1.807) is 34.6 Å². The third kappa shape index (κ3) is 5.36. The van der Waals surface area contributed by atoms with Gasteiger partial charge in [-0.1, -0.05) is 0 Å². The van der Waals surface area contributed by atoms with E-state index < -0.39 is 47.4 Å². The van der Waals surface area contributed by atoms with Gasteiger partial charge in [-0.25, -0.2) is 9.59 Å². The minimum atomic E-state index is -1.08. The summed E-state index contributed by atoms with van der Waals surface area (Å²) in [7, 11) is 0. The van der Waals surface area contributed by atoms with Gasteiger partial charge >= 0.3 is 18.0 Å². The number of alkyl carbamates (subject to hydrolysis) is 1. The van der Waals surface area contributed by atoms with Gasteiger partial charge in [-0.2, -0.15) is 0 Å². The molecule has 0 aromatic carbocycles. The van der Waals surface area contributed by atoms with Crippen molar-refractivity contribution >= 4 is 18.0 Å². The summed E-state index contributed by atoms with van der Waals surface area (Å²) in [5, 5.41) is 11.9. The van der Waals surface area contributed by atoms with Gasteiger partial charge in [0, 0.05) is 18.4 Å². The van der Waals surface area contributed by atoms with Gasteiger partial charge in [-0.15, -0.1) is 0 Å². The minimum absolute atomic E-state index is 0.131. The Morgan fingerprint density at radius 3 is 2.17 bits per heavy atom. The second-order valence-electron chi connectivity index (χ2n) is 6.58. The molecule has 1 saturated carbocycles. The second kappa shape index (κ2) is 8.32. The van der Waals surface area contributed by atoms with Crippen molar-refractivity contribution in [3.63, 3.8) is 0 Å². The number of nitrogens with one attached hydrogen (secondary N) is 1. The molecule has 0 unspecified atom stereocenters. The molecule has 8 nitrogen and oxygen atoms in total. The van der Waals surface area contributed by atoms with Crippen molar-refractivity contribution in [1.29, 1.82) is 0 Å². The van der Waals surface area contributed by atoms with Crippen LogP contribution in [0.4, 0.5) is 4.79 Å². The molecule has 0 spiro atoms. The molecule has 0 aliphatic heterocycles. The van der Waals surface area contributed by atoms with Gasteiger partial charge < -0.3 is 24.6 Å².